The molecule has 20 heavy (non-hydrogen) atoms. The summed E-state index contributed by atoms with van der Waals surface area (Å²) in [6.45, 7) is 8.06. The third kappa shape index (κ3) is 4.34. The van der Waals surface area contributed by atoms with Gasteiger partial charge in [-0.15, -0.1) is 12.4 Å². The molecule has 3 atom stereocenters. The number of nitrogens with one attached hydrogen (secondary N) is 1. The molecular weight excluding hydrogens is 274 g/mol. The summed E-state index contributed by atoms with van der Waals surface area (Å²) < 4.78 is 0. The number of nitrogens with zero attached hydrogens (tertiary/aromatic N) is 2. The van der Waals surface area contributed by atoms with E-state index < -0.39 is 0 Å². The number of hydrogen-bond acceptors (Lipinski definition) is 3. The fraction of sp³-hybridized carbons (Fsp3) is 0.933. The Bertz CT molecular complexity index is 313. The van der Waals surface area contributed by atoms with Crippen LogP contribution in [0.4, 0.5) is 0 Å². The average molecular weight is 304 g/mol. The molecule has 1 heterocycles. The molecule has 0 aromatic carbocycles. The van der Waals surface area contributed by atoms with Crippen LogP contribution in [0, 0.1) is 5.92 Å². The Labute approximate surface area is 129 Å². The highest BCUT2D eigenvalue weighted by Gasteiger charge is 2.29. The summed E-state index contributed by atoms with van der Waals surface area (Å²) >= 11 is 0. The number of likely N-dealkylation sites (N-methyl/N-ethyl adjacent to an activating group) is 1. The maximum Gasteiger partial charge on any atom is 0.236 e. The lowest BCUT2D eigenvalue weighted by atomic mass is 9.85. The largest absolute Gasteiger partial charge is 0.341 e. The van der Waals surface area contributed by atoms with Crippen LogP contribution in [-0.2, 0) is 4.79 Å². The average Bonchev–Trinajstić information content (AvgIpc) is 2.41. The Morgan fingerprint density at radius 3 is 2.65 bits per heavy atom. The standard InChI is InChI=1S/C15H29N3O.ClH/c1-12-6-4-5-7-14(12)17(3)15(19)11-18-9-8-16-10-13(18)2;/h12-14,16H,4-11H2,1-3H3;1H/t12?,13-,14?;/m0./s1. The number of amides is 1. The fourth-order valence-electron chi connectivity index (χ4n) is 3.46. The summed E-state index contributed by atoms with van der Waals surface area (Å²) in [4.78, 5) is 16.8. The maximum absolute atomic E-state index is 12.5. The van der Waals surface area contributed by atoms with Gasteiger partial charge in [-0.05, 0) is 25.7 Å². The predicted octanol–water partition coefficient (Wildman–Crippen LogP) is 1.74. The second kappa shape index (κ2) is 8.20. The molecule has 1 N–H and O–H groups in total. The number of hydrogen-bond donors (Lipinski definition) is 1. The first-order valence-electron chi connectivity index (χ1n) is 7.80. The van der Waals surface area contributed by atoms with Crippen LogP contribution < -0.4 is 5.32 Å². The third-order valence-corrected chi connectivity index (χ3v) is 4.93. The van der Waals surface area contributed by atoms with Crippen molar-refractivity contribution in [2.24, 2.45) is 5.92 Å². The fourth-order valence-corrected chi connectivity index (χ4v) is 3.46. The van der Waals surface area contributed by atoms with E-state index in [1.54, 1.807) is 0 Å². The van der Waals surface area contributed by atoms with Gasteiger partial charge in [0.2, 0.25) is 5.91 Å². The van der Waals surface area contributed by atoms with Crippen molar-refractivity contribution < 1.29 is 4.79 Å². The molecule has 5 heteroatoms. The van der Waals surface area contributed by atoms with Crippen LogP contribution in [0.15, 0.2) is 0 Å². The second-order valence-corrected chi connectivity index (χ2v) is 6.36. The lowest BCUT2D eigenvalue weighted by Gasteiger charge is -2.39. The van der Waals surface area contributed by atoms with E-state index in [0.29, 0.717) is 30.5 Å². The van der Waals surface area contributed by atoms with Crippen molar-refractivity contribution in [3.05, 3.63) is 0 Å². The Morgan fingerprint density at radius 1 is 1.30 bits per heavy atom. The molecule has 1 saturated carbocycles. The Kier molecular flexibility index (Phi) is 7.27. The van der Waals surface area contributed by atoms with Crippen LogP contribution in [-0.4, -0.2) is 61.0 Å². The molecule has 1 aliphatic heterocycles. The molecule has 1 amide bonds. The zero-order valence-electron chi connectivity index (χ0n) is 13.1. The van der Waals surface area contributed by atoms with E-state index in [9.17, 15) is 4.79 Å². The third-order valence-electron chi connectivity index (χ3n) is 4.93. The Hall–Kier alpha value is -0.320. The number of rotatable bonds is 3. The Balaban J connectivity index is 0.00000200. The van der Waals surface area contributed by atoms with Crippen LogP contribution in [0.25, 0.3) is 0 Å². The minimum atomic E-state index is 0. The van der Waals surface area contributed by atoms with Gasteiger partial charge in [0.15, 0.2) is 0 Å². The molecule has 2 rings (SSSR count). The van der Waals surface area contributed by atoms with Crippen molar-refractivity contribution in [1.29, 1.82) is 0 Å². The predicted molar refractivity (Wildman–Crippen MR) is 85.3 cm³/mol. The van der Waals surface area contributed by atoms with E-state index in [1.165, 1.54) is 25.7 Å². The minimum Gasteiger partial charge on any atom is -0.341 e. The normalized spacial score (nSPS) is 31.4. The van der Waals surface area contributed by atoms with Gasteiger partial charge in [-0.3, -0.25) is 9.69 Å². The van der Waals surface area contributed by atoms with Gasteiger partial charge in [0.1, 0.15) is 0 Å². The lowest BCUT2D eigenvalue weighted by molar-refractivity contribution is -0.135. The van der Waals surface area contributed by atoms with E-state index in [4.69, 9.17) is 0 Å². The van der Waals surface area contributed by atoms with Crippen molar-refractivity contribution in [2.45, 2.75) is 51.6 Å². The van der Waals surface area contributed by atoms with Crippen molar-refractivity contribution in [3.63, 3.8) is 0 Å². The zero-order chi connectivity index (χ0) is 13.8. The molecule has 2 fully saturated rings. The van der Waals surface area contributed by atoms with Crippen LogP contribution in [0.3, 0.4) is 0 Å². The second-order valence-electron chi connectivity index (χ2n) is 6.36. The van der Waals surface area contributed by atoms with E-state index in [2.05, 4.69) is 24.1 Å². The number of halogens is 1. The maximum atomic E-state index is 12.5. The van der Waals surface area contributed by atoms with Crippen molar-refractivity contribution >= 4 is 18.3 Å². The van der Waals surface area contributed by atoms with Gasteiger partial charge in [-0.25, -0.2) is 0 Å². The number of carbonyl (C=O) groups excluding carboxylic acids is 1. The molecule has 2 aliphatic rings. The molecule has 0 aromatic heterocycles. The number of piperazine rings is 1. The quantitative estimate of drug-likeness (QED) is 0.863. The zero-order valence-corrected chi connectivity index (χ0v) is 13.9. The van der Waals surface area contributed by atoms with Crippen LogP contribution in [0.2, 0.25) is 0 Å². The summed E-state index contributed by atoms with van der Waals surface area (Å²) in [5.74, 6) is 0.954. The monoisotopic (exact) mass is 303 g/mol. The van der Waals surface area contributed by atoms with Crippen molar-refractivity contribution in [2.75, 3.05) is 33.2 Å². The highest BCUT2D eigenvalue weighted by atomic mass is 35.5. The SMILES string of the molecule is CC1CCCCC1N(C)C(=O)CN1CCNC[C@@H]1C.Cl. The van der Waals surface area contributed by atoms with Crippen molar-refractivity contribution in [3.8, 4) is 0 Å². The van der Waals surface area contributed by atoms with E-state index >= 15 is 0 Å². The minimum absolute atomic E-state index is 0. The first-order chi connectivity index (χ1) is 9.09. The van der Waals surface area contributed by atoms with Gasteiger partial charge in [0, 0.05) is 38.8 Å². The molecule has 0 aromatic rings. The topological polar surface area (TPSA) is 35.6 Å². The van der Waals surface area contributed by atoms with Crippen LogP contribution >= 0.6 is 12.4 Å². The van der Waals surface area contributed by atoms with Gasteiger partial charge in [0.05, 0.1) is 6.54 Å². The molecule has 0 radical (unpaired) electrons. The summed E-state index contributed by atoms with van der Waals surface area (Å²) in [5.41, 5.74) is 0. The molecule has 1 aliphatic carbocycles. The van der Waals surface area contributed by atoms with E-state index in [0.717, 1.165) is 19.6 Å². The van der Waals surface area contributed by atoms with Gasteiger partial charge in [-0.1, -0.05) is 19.8 Å². The smallest absolute Gasteiger partial charge is 0.236 e. The van der Waals surface area contributed by atoms with Gasteiger partial charge in [0.25, 0.3) is 0 Å². The number of carbonyl (C=O) groups is 1. The first-order valence-corrected chi connectivity index (χ1v) is 7.80. The van der Waals surface area contributed by atoms with E-state index in [1.807, 2.05) is 11.9 Å². The summed E-state index contributed by atoms with van der Waals surface area (Å²) in [7, 11) is 2.00. The summed E-state index contributed by atoms with van der Waals surface area (Å²) in [5, 5.41) is 3.37. The summed E-state index contributed by atoms with van der Waals surface area (Å²) in [6.07, 6.45) is 5.05. The van der Waals surface area contributed by atoms with Gasteiger partial charge < -0.3 is 10.2 Å². The highest BCUT2D eigenvalue weighted by Crippen LogP contribution is 2.27. The van der Waals surface area contributed by atoms with Gasteiger partial charge >= 0.3 is 0 Å². The lowest BCUT2D eigenvalue weighted by Crippen LogP contribution is -2.54. The highest BCUT2D eigenvalue weighted by molar-refractivity contribution is 5.85. The molecule has 118 valence electrons. The first kappa shape index (κ1) is 17.7. The van der Waals surface area contributed by atoms with E-state index in [-0.39, 0.29) is 12.4 Å². The molecule has 0 bridgehead atoms. The molecule has 4 nitrogen and oxygen atoms in total. The molecule has 1 saturated heterocycles. The van der Waals surface area contributed by atoms with Crippen LogP contribution in [0.5, 0.6) is 0 Å². The molecule has 0 spiro atoms. The molecular formula is C15H30ClN3O. The summed E-state index contributed by atoms with van der Waals surface area (Å²) in [6, 6.07) is 0.925. The van der Waals surface area contributed by atoms with Gasteiger partial charge in [-0.2, -0.15) is 0 Å². The van der Waals surface area contributed by atoms with Crippen molar-refractivity contribution in [1.82, 2.24) is 15.1 Å². The molecule has 2 unspecified atom stereocenters. The Morgan fingerprint density at radius 2 is 2.00 bits per heavy atom. The van der Waals surface area contributed by atoms with Crippen LogP contribution in [0.1, 0.15) is 39.5 Å².